The van der Waals surface area contributed by atoms with E-state index in [2.05, 4.69) is 15.6 Å². The number of carbonyl (C=O) groups is 2. The number of fused-ring (bicyclic) bond motifs is 1. The van der Waals surface area contributed by atoms with Gasteiger partial charge in [0.25, 0.3) is 5.91 Å². The van der Waals surface area contributed by atoms with Gasteiger partial charge in [-0.25, -0.2) is 4.98 Å². The van der Waals surface area contributed by atoms with Crippen LogP contribution in [0.1, 0.15) is 29.3 Å². The second-order valence-electron chi connectivity index (χ2n) is 5.25. The molecule has 0 bridgehead atoms. The zero-order valence-electron chi connectivity index (χ0n) is 13.4. The second kappa shape index (κ2) is 7.11. The Morgan fingerprint density at radius 1 is 1.16 bits per heavy atom. The highest BCUT2D eigenvalue weighted by Crippen LogP contribution is 2.28. The molecule has 2 aromatic carbocycles. The van der Waals surface area contributed by atoms with Crippen molar-refractivity contribution >= 4 is 44.2 Å². The molecule has 0 saturated heterocycles. The lowest BCUT2D eigenvalue weighted by atomic mass is 10.1. The van der Waals surface area contributed by atoms with E-state index in [1.54, 1.807) is 43.3 Å². The average Bonchev–Trinajstić information content (AvgIpc) is 3.03. The van der Waals surface area contributed by atoms with Crippen molar-refractivity contribution in [3.8, 4) is 6.07 Å². The van der Waals surface area contributed by atoms with Gasteiger partial charge in [0.2, 0.25) is 5.91 Å². The SMILES string of the molecule is CCC(=O)Nc1nc2cc(NC(=O)c3ccc(C#N)cc3)ccc2s1. The summed E-state index contributed by atoms with van der Waals surface area (Å²) < 4.78 is 0.919. The van der Waals surface area contributed by atoms with Gasteiger partial charge >= 0.3 is 0 Å². The van der Waals surface area contributed by atoms with Crippen LogP contribution in [0.4, 0.5) is 10.8 Å². The molecule has 0 saturated carbocycles. The highest BCUT2D eigenvalue weighted by atomic mass is 32.1. The fourth-order valence-corrected chi connectivity index (χ4v) is 3.03. The van der Waals surface area contributed by atoms with Gasteiger partial charge in [-0.2, -0.15) is 5.26 Å². The number of anilines is 2. The van der Waals surface area contributed by atoms with E-state index in [1.165, 1.54) is 11.3 Å². The molecule has 2 amide bonds. The molecule has 0 radical (unpaired) electrons. The Bertz CT molecular complexity index is 986. The Balaban J connectivity index is 1.77. The predicted molar refractivity (Wildman–Crippen MR) is 97.7 cm³/mol. The Kier molecular flexibility index (Phi) is 4.73. The molecule has 25 heavy (non-hydrogen) atoms. The molecule has 0 aliphatic rings. The van der Waals surface area contributed by atoms with Gasteiger partial charge in [-0.1, -0.05) is 18.3 Å². The van der Waals surface area contributed by atoms with Gasteiger partial charge in [0.05, 0.1) is 21.8 Å². The third kappa shape index (κ3) is 3.82. The normalized spacial score (nSPS) is 10.2. The zero-order chi connectivity index (χ0) is 17.8. The summed E-state index contributed by atoms with van der Waals surface area (Å²) in [7, 11) is 0. The number of thiazole rings is 1. The van der Waals surface area contributed by atoms with Crippen LogP contribution in [0.3, 0.4) is 0 Å². The summed E-state index contributed by atoms with van der Waals surface area (Å²) in [4.78, 5) is 28.1. The molecule has 1 aromatic heterocycles. The maximum absolute atomic E-state index is 12.3. The number of hydrogen-bond donors (Lipinski definition) is 2. The van der Waals surface area contributed by atoms with Gasteiger partial charge in [-0.3, -0.25) is 9.59 Å². The Morgan fingerprint density at radius 3 is 2.60 bits per heavy atom. The molecule has 0 spiro atoms. The van der Waals surface area contributed by atoms with E-state index in [1.807, 2.05) is 12.1 Å². The second-order valence-corrected chi connectivity index (χ2v) is 6.28. The molecule has 0 atom stereocenters. The zero-order valence-corrected chi connectivity index (χ0v) is 14.2. The van der Waals surface area contributed by atoms with Gasteiger partial charge in [-0.15, -0.1) is 0 Å². The third-order valence-corrected chi connectivity index (χ3v) is 4.44. The third-order valence-electron chi connectivity index (χ3n) is 3.49. The van der Waals surface area contributed by atoms with Gasteiger partial charge in [0.1, 0.15) is 0 Å². The smallest absolute Gasteiger partial charge is 0.255 e. The van der Waals surface area contributed by atoms with E-state index >= 15 is 0 Å². The van der Waals surface area contributed by atoms with Crippen LogP contribution in [-0.2, 0) is 4.79 Å². The number of carbonyl (C=O) groups excluding carboxylic acids is 2. The quantitative estimate of drug-likeness (QED) is 0.749. The first-order chi connectivity index (χ1) is 12.1. The standard InChI is InChI=1S/C18H14N4O2S/c1-2-16(23)22-18-21-14-9-13(7-8-15(14)25-18)20-17(24)12-5-3-11(10-19)4-6-12/h3-9H,2H2,1H3,(H,20,24)(H,21,22,23). The highest BCUT2D eigenvalue weighted by Gasteiger charge is 2.10. The van der Waals surface area contributed by atoms with Gasteiger partial charge in [-0.05, 0) is 42.5 Å². The van der Waals surface area contributed by atoms with Crippen molar-refractivity contribution in [3.05, 3.63) is 53.6 Å². The summed E-state index contributed by atoms with van der Waals surface area (Å²) in [5, 5.41) is 14.9. The molecule has 0 unspecified atom stereocenters. The number of nitrogens with zero attached hydrogens (tertiary/aromatic N) is 2. The number of benzene rings is 2. The first-order valence-electron chi connectivity index (χ1n) is 7.61. The molecule has 0 aliphatic carbocycles. The molecule has 0 fully saturated rings. The Hall–Kier alpha value is -3.24. The van der Waals surface area contributed by atoms with Crippen LogP contribution in [0.25, 0.3) is 10.2 Å². The van der Waals surface area contributed by atoms with Gasteiger partial charge in [0.15, 0.2) is 5.13 Å². The molecule has 124 valence electrons. The molecule has 7 heteroatoms. The fourth-order valence-electron chi connectivity index (χ4n) is 2.17. The molecular formula is C18H14N4O2S. The van der Waals surface area contributed by atoms with Crippen LogP contribution in [-0.4, -0.2) is 16.8 Å². The van der Waals surface area contributed by atoms with Crippen LogP contribution in [0.5, 0.6) is 0 Å². The van der Waals surface area contributed by atoms with Gasteiger partial charge < -0.3 is 10.6 Å². The molecule has 2 N–H and O–H groups in total. The summed E-state index contributed by atoms with van der Waals surface area (Å²) >= 11 is 1.38. The lowest BCUT2D eigenvalue weighted by Gasteiger charge is -2.05. The number of aromatic nitrogens is 1. The fraction of sp³-hybridized carbons (Fsp3) is 0.111. The van der Waals surface area contributed by atoms with Crippen molar-refractivity contribution in [2.45, 2.75) is 13.3 Å². The van der Waals surface area contributed by atoms with E-state index in [4.69, 9.17) is 5.26 Å². The minimum Gasteiger partial charge on any atom is -0.322 e. The molecule has 0 aliphatic heterocycles. The number of rotatable bonds is 4. The van der Waals surface area contributed by atoms with Crippen molar-refractivity contribution in [2.24, 2.45) is 0 Å². The van der Waals surface area contributed by atoms with Crippen molar-refractivity contribution in [3.63, 3.8) is 0 Å². The average molecular weight is 350 g/mol. The maximum Gasteiger partial charge on any atom is 0.255 e. The van der Waals surface area contributed by atoms with E-state index in [-0.39, 0.29) is 11.8 Å². The number of nitriles is 1. The van der Waals surface area contributed by atoms with Crippen molar-refractivity contribution in [1.82, 2.24) is 4.98 Å². The first kappa shape index (κ1) is 16.6. The van der Waals surface area contributed by atoms with Crippen LogP contribution >= 0.6 is 11.3 Å². The lowest BCUT2D eigenvalue weighted by Crippen LogP contribution is -2.11. The van der Waals surface area contributed by atoms with Crippen molar-refractivity contribution in [1.29, 1.82) is 5.26 Å². The molecule has 6 nitrogen and oxygen atoms in total. The van der Waals surface area contributed by atoms with Crippen LogP contribution in [0.2, 0.25) is 0 Å². The van der Waals surface area contributed by atoms with E-state index in [9.17, 15) is 9.59 Å². The Morgan fingerprint density at radius 2 is 1.92 bits per heavy atom. The van der Waals surface area contributed by atoms with Crippen LogP contribution < -0.4 is 10.6 Å². The summed E-state index contributed by atoms with van der Waals surface area (Å²) in [5.41, 5.74) is 2.28. The van der Waals surface area contributed by atoms with Crippen LogP contribution in [0, 0.1) is 11.3 Å². The Labute approximate surface area is 148 Å². The van der Waals surface area contributed by atoms with E-state index < -0.39 is 0 Å². The predicted octanol–water partition coefficient (Wildman–Crippen LogP) is 3.77. The van der Waals surface area contributed by atoms with Crippen molar-refractivity contribution in [2.75, 3.05) is 10.6 Å². The lowest BCUT2D eigenvalue weighted by molar-refractivity contribution is -0.115. The van der Waals surface area contributed by atoms with Crippen molar-refractivity contribution < 1.29 is 9.59 Å². The molecule has 3 aromatic rings. The maximum atomic E-state index is 12.3. The molecule has 1 heterocycles. The first-order valence-corrected chi connectivity index (χ1v) is 8.42. The minimum absolute atomic E-state index is 0.0894. The summed E-state index contributed by atoms with van der Waals surface area (Å²) in [5.74, 6) is -0.355. The number of nitrogens with one attached hydrogen (secondary N) is 2. The van der Waals surface area contributed by atoms with Crippen LogP contribution in [0.15, 0.2) is 42.5 Å². The summed E-state index contributed by atoms with van der Waals surface area (Å²) in [6.07, 6.45) is 0.391. The number of hydrogen-bond acceptors (Lipinski definition) is 5. The summed E-state index contributed by atoms with van der Waals surface area (Å²) in [6, 6.07) is 13.8. The monoisotopic (exact) mass is 350 g/mol. The van der Waals surface area contributed by atoms with E-state index in [0.29, 0.717) is 33.9 Å². The largest absolute Gasteiger partial charge is 0.322 e. The van der Waals surface area contributed by atoms with E-state index in [0.717, 1.165) is 4.70 Å². The summed E-state index contributed by atoms with van der Waals surface area (Å²) in [6.45, 7) is 1.78. The molecule has 3 rings (SSSR count). The highest BCUT2D eigenvalue weighted by molar-refractivity contribution is 7.22. The number of amides is 2. The molecular weight excluding hydrogens is 336 g/mol. The van der Waals surface area contributed by atoms with Gasteiger partial charge in [0, 0.05) is 17.7 Å². The topological polar surface area (TPSA) is 94.9 Å². The minimum atomic E-state index is -0.265.